The number of nitrogens with one attached hydrogen (secondary N) is 2. The molecule has 0 aromatic carbocycles. The van der Waals surface area contributed by atoms with Gasteiger partial charge in [-0.15, -0.1) is 0 Å². The van der Waals surface area contributed by atoms with Crippen LogP contribution in [-0.4, -0.2) is 77.0 Å². The van der Waals surface area contributed by atoms with Gasteiger partial charge in [-0.1, -0.05) is 29.3 Å². The van der Waals surface area contributed by atoms with Gasteiger partial charge in [-0.3, -0.25) is 14.4 Å². The first kappa shape index (κ1) is 20.5. The van der Waals surface area contributed by atoms with Gasteiger partial charge >= 0.3 is 0 Å². The van der Waals surface area contributed by atoms with Gasteiger partial charge in [-0.25, -0.2) is 0 Å². The molecule has 3 heterocycles. The quantitative estimate of drug-likeness (QED) is 0.353. The zero-order valence-electron chi connectivity index (χ0n) is 15.7. The van der Waals surface area contributed by atoms with E-state index in [1.807, 2.05) is 6.92 Å². The molecule has 0 saturated carbocycles. The van der Waals surface area contributed by atoms with Crippen molar-refractivity contribution in [3.8, 4) is 0 Å². The molecule has 3 aliphatic rings. The number of carbonyl (C=O) groups excluding carboxylic acids is 3. The van der Waals surface area contributed by atoms with Gasteiger partial charge in [-0.2, -0.15) is 0 Å². The van der Waals surface area contributed by atoms with Crippen molar-refractivity contribution < 1.29 is 24.2 Å². The first-order valence-corrected chi connectivity index (χ1v) is 10.6. The Hall–Kier alpha value is -1.19. The van der Waals surface area contributed by atoms with Crippen molar-refractivity contribution in [2.24, 2.45) is 11.8 Å². The van der Waals surface area contributed by atoms with Crippen LogP contribution in [0.2, 0.25) is 0 Å². The second-order valence-electron chi connectivity index (χ2n) is 7.53. The van der Waals surface area contributed by atoms with Crippen LogP contribution in [0.1, 0.15) is 32.6 Å². The number of fused-ring (bicyclic) bond motifs is 1. The summed E-state index contributed by atoms with van der Waals surface area (Å²) in [5.41, 5.74) is -1.00. The average Bonchev–Trinajstić information content (AvgIpc) is 3.23. The van der Waals surface area contributed by atoms with Crippen LogP contribution in [0.25, 0.3) is 0 Å². The van der Waals surface area contributed by atoms with Crippen LogP contribution < -0.4 is 10.6 Å². The topological polar surface area (TPSA) is 108 Å². The second-order valence-corrected chi connectivity index (χ2v) is 8.71. The molecule has 3 rings (SSSR count). The van der Waals surface area contributed by atoms with E-state index in [1.165, 1.54) is 4.90 Å². The number of rotatable bonds is 8. The molecule has 1 spiro atoms. The summed E-state index contributed by atoms with van der Waals surface area (Å²) in [6.07, 6.45) is 2.25. The predicted octanol–water partition coefficient (Wildman–Crippen LogP) is -0.221. The zero-order chi connectivity index (χ0) is 19.8. The number of hydrogen-bond donors (Lipinski definition) is 3. The Kier molecular flexibility index (Phi) is 6.12. The lowest BCUT2D eigenvalue weighted by atomic mass is 9.70. The van der Waals surface area contributed by atoms with E-state index in [9.17, 15) is 19.5 Å². The normalized spacial score (nSPS) is 36.8. The third-order valence-electron chi connectivity index (χ3n) is 5.97. The molecule has 0 aliphatic carbocycles. The van der Waals surface area contributed by atoms with Crippen LogP contribution in [0.5, 0.6) is 0 Å². The number of aliphatic hydroxyl groups excluding tert-OH is 1. The molecular weight excluding hydrogens is 418 g/mol. The average molecular weight is 446 g/mol. The molecule has 3 amide bonds. The zero-order valence-corrected chi connectivity index (χ0v) is 17.3. The third-order valence-corrected chi connectivity index (χ3v) is 6.82. The van der Waals surface area contributed by atoms with E-state index < -0.39 is 29.6 Å². The van der Waals surface area contributed by atoms with Crippen LogP contribution in [0.3, 0.4) is 0 Å². The lowest BCUT2D eigenvalue weighted by Crippen LogP contribution is -2.56. The summed E-state index contributed by atoms with van der Waals surface area (Å²) in [5, 5.41) is 14.8. The Morgan fingerprint density at radius 2 is 2.11 bits per heavy atom. The SMILES string of the molecule is CCCCNC(=O)C1N(CCCO)C(=O)[C@@H]2[C@H](C(=O)NC)[C@H]3OC12CC3Br. The molecule has 0 aromatic rings. The van der Waals surface area contributed by atoms with Crippen molar-refractivity contribution in [2.45, 2.75) is 55.2 Å². The number of ether oxygens (including phenoxy) is 1. The first-order chi connectivity index (χ1) is 12.9. The van der Waals surface area contributed by atoms with Crippen LogP contribution in [-0.2, 0) is 19.1 Å². The Balaban J connectivity index is 1.95. The molecule has 3 N–H and O–H groups in total. The number of carbonyl (C=O) groups is 3. The van der Waals surface area contributed by atoms with Gasteiger partial charge in [0, 0.05) is 31.6 Å². The maximum Gasteiger partial charge on any atom is 0.245 e. The smallest absolute Gasteiger partial charge is 0.245 e. The number of halogens is 1. The molecule has 8 nitrogen and oxygen atoms in total. The van der Waals surface area contributed by atoms with Gasteiger partial charge in [0.2, 0.25) is 17.7 Å². The molecule has 0 aromatic heterocycles. The van der Waals surface area contributed by atoms with E-state index in [0.29, 0.717) is 19.4 Å². The summed E-state index contributed by atoms with van der Waals surface area (Å²) in [7, 11) is 1.54. The summed E-state index contributed by atoms with van der Waals surface area (Å²) in [6.45, 7) is 2.77. The number of alkyl halides is 1. The predicted molar refractivity (Wildman–Crippen MR) is 101 cm³/mol. The van der Waals surface area contributed by atoms with Gasteiger partial charge < -0.3 is 25.4 Å². The molecule has 6 atom stereocenters. The molecular formula is C18H28BrN3O5. The Morgan fingerprint density at radius 3 is 2.74 bits per heavy atom. The lowest BCUT2D eigenvalue weighted by molar-refractivity contribution is -0.142. The van der Waals surface area contributed by atoms with Crippen LogP contribution in [0.4, 0.5) is 0 Å². The fourth-order valence-corrected chi connectivity index (χ4v) is 5.81. The molecule has 27 heavy (non-hydrogen) atoms. The number of hydrogen-bond acceptors (Lipinski definition) is 5. The van der Waals surface area contributed by atoms with Crippen molar-refractivity contribution in [2.75, 3.05) is 26.7 Å². The number of unbranched alkanes of at least 4 members (excludes halogenated alkanes) is 1. The maximum atomic E-state index is 13.2. The second kappa shape index (κ2) is 8.05. The molecule has 3 aliphatic heterocycles. The summed E-state index contributed by atoms with van der Waals surface area (Å²) in [4.78, 5) is 40.2. The first-order valence-electron chi connectivity index (χ1n) is 9.65. The largest absolute Gasteiger partial charge is 0.396 e. The lowest BCUT2D eigenvalue weighted by Gasteiger charge is -2.34. The van der Waals surface area contributed by atoms with E-state index in [2.05, 4.69) is 26.6 Å². The van der Waals surface area contributed by atoms with E-state index >= 15 is 0 Å². The van der Waals surface area contributed by atoms with Gasteiger partial charge in [0.25, 0.3) is 0 Å². The maximum absolute atomic E-state index is 13.2. The minimum absolute atomic E-state index is 0.0744. The molecule has 0 radical (unpaired) electrons. The van der Waals surface area contributed by atoms with Crippen molar-refractivity contribution in [3.05, 3.63) is 0 Å². The highest BCUT2D eigenvalue weighted by Crippen LogP contribution is 2.59. The van der Waals surface area contributed by atoms with Crippen LogP contribution >= 0.6 is 15.9 Å². The number of likely N-dealkylation sites (tertiary alicyclic amines) is 1. The van der Waals surface area contributed by atoms with E-state index in [-0.39, 0.29) is 35.7 Å². The summed E-state index contributed by atoms with van der Waals surface area (Å²) < 4.78 is 6.26. The monoisotopic (exact) mass is 445 g/mol. The standard InChI is InChI=1S/C18H28BrN3O5/c1-3-4-6-21-16(25)14-18-9-10(19)13(27-18)11(15(24)20-2)12(18)17(26)22(14)7-5-8-23/h10-14,23H,3-9H2,1-2H3,(H,20,24)(H,21,25)/t10?,11-,12-,13-,14?,18?/m0/s1. The minimum atomic E-state index is -1.00. The fourth-order valence-electron chi connectivity index (χ4n) is 4.86. The van der Waals surface area contributed by atoms with Gasteiger partial charge in [0.15, 0.2) is 0 Å². The molecule has 3 unspecified atom stereocenters. The van der Waals surface area contributed by atoms with Crippen molar-refractivity contribution in [1.82, 2.24) is 15.5 Å². The molecule has 152 valence electrons. The van der Waals surface area contributed by atoms with E-state index in [1.54, 1.807) is 7.05 Å². The number of amides is 3. The Labute approximate surface area is 167 Å². The van der Waals surface area contributed by atoms with E-state index in [4.69, 9.17) is 4.74 Å². The fraction of sp³-hybridized carbons (Fsp3) is 0.833. The van der Waals surface area contributed by atoms with Gasteiger partial charge in [-0.05, 0) is 19.3 Å². The number of nitrogens with zero attached hydrogens (tertiary/aromatic N) is 1. The van der Waals surface area contributed by atoms with Gasteiger partial charge in [0.05, 0.1) is 17.9 Å². The highest BCUT2D eigenvalue weighted by atomic mass is 79.9. The summed E-state index contributed by atoms with van der Waals surface area (Å²) >= 11 is 3.59. The molecule has 3 fully saturated rings. The molecule has 3 saturated heterocycles. The van der Waals surface area contributed by atoms with Crippen molar-refractivity contribution in [1.29, 1.82) is 0 Å². The Morgan fingerprint density at radius 1 is 1.37 bits per heavy atom. The van der Waals surface area contributed by atoms with Crippen LogP contribution in [0, 0.1) is 11.8 Å². The minimum Gasteiger partial charge on any atom is -0.396 e. The van der Waals surface area contributed by atoms with E-state index in [0.717, 1.165) is 12.8 Å². The number of aliphatic hydroxyl groups is 1. The summed E-state index contributed by atoms with van der Waals surface area (Å²) in [5.74, 6) is -1.99. The highest BCUT2D eigenvalue weighted by molar-refractivity contribution is 9.09. The highest BCUT2D eigenvalue weighted by Gasteiger charge is 2.76. The summed E-state index contributed by atoms with van der Waals surface area (Å²) in [6, 6.07) is -0.780. The third kappa shape index (κ3) is 3.17. The van der Waals surface area contributed by atoms with Crippen LogP contribution in [0.15, 0.2) is 0 Å². The molecule has 9 heteroatoms. The van der Waals surface area contributed by atoms with Crippen molar-refractivity contribution >= 4 is 33.7 Å². The Bertz CT molecular complexity index is 618. The van der Waals surface area contributed by atoms with Crippen molar-refractivity contribution in [3.63, 3.8) is 0 Å². The van der Waals surface area contributed by atoms with Gasteiger partial charge in [0.1, 0.15) is 11.6 Å². The molecule has 2 bridgehead atoms.